The zero-order chi connectivity index (χ0) is 12.9. The standard InChI is InChI=1S/C16H27N3/c1-2-4-9-16(8-3-1)19-13-14(12-18-19)11-15-7-5-6-10-17-15/h12-13,15-17H,1-11H2. The van der Waals surface area contributed by atoms with Crippen LogP contribution in [0.2, 0.25) is 0 Å². The number of piperidine rings is 1. The van der Waals surface area contributed by atoms with Gasteiger partial charge in [-0.25, -0.2) is 0 Å². The fourth-order valence-electron chi connectivity index (χ4n) is 3.59. The van der Waals surface area contributed by atoms with Crippen molar-refractivity contribution in [2.45, 2.75) is 76.3 Å². The molecule has 1 saturated heterocycles. The van der Waals surface area contributed by atoms with Crippen LogP contribution in [0.1, 0.15) is 69.4 Å². The average Bonchev–Trinajstić information content (AvgIpc) is 2.74. The van der Waals surface area contributed by atoms with Crippen LogP contribution in [0.25, 0.3) is 0 Å². The summed E-state index contributed by atoms with van der Waals surface area (Å²) in [5.74, 6) is 0. The number of hydrogen-bond acceptors (Lipinski definition) is 2. The first-order valence-electron chi connectivity index (χ1n) is 8.18. The SMILES string of the molecule is c1nn(C2CCCCCC2)cc1CC1CCCCN1. The average molecular weight is 261 g/mol. The number of nitrogens with one attached hydrogen (secondary N) is 1. The molecule has 1 unspecified atom stereocenters. The van der Waals surface area contributed by atoms with E-state index < -0.39 is 0 Å². The van der Waals surface area contributed by atoms with E-state index in [1.165, 1.54) is 69.9 Å². The van der Waals surface area contributed by atoms with Crippen molar-refractivity contribution in [3.05, 3.63) is 18.0 Å². The van der Waals surface area contributed by atoms with Crippen molar-refractivity contribution >= 4 is 0 Å². The lowest BCUT2D eigenvalue weighted by molar-refractivity contribution is 0.396. The van der Waals surface area contributed by atoms with Gasteiger partial charge in [-0.3, -0.25) is 4.68 Å². The molecule has 0 aromatic carbocycles. The smallest absolute Gasteiger partial charge is 0.0522 e. The molecule has 0 radical (unpaired) electrons. The van der Waals surface area contributed by atoms with Crippen LogP contribution in [0, 0.1) is 0 Å². The molecule has 3 nitrogen and oxygen atoms in total. The quantitative estimate of drug-likeness (QED) is 0.844. The van der Waals surface area contributed by atoms with E-state index in [0.717, 1.165) is 6.42 Å². The van der Waals surface area contributed by atoms with Gasteiger partial charge in [0.1, 0.15) is 0 Å². The van der Waals surface area contributed by atoms with E-state index in [1.807, 2.05) is 0 Å². The molecule has 1 aromatic rings. The molecule has 2 fully saturated rings. The largest absolute Gasteiger partial charge is 0.314 e. The van der Waals surface area contributed by atoms with Gasteiger partial charge in [-0.2, -0.15) is 5.10 Å². The summed E-state index contributed by atoms with van der Waals surface area (Å²) in [7, 11) is 0. The molecular formula is C16H27N3. The fraction of sp³-hybridized carbons (Fsp3) is 0.812. The molecule has 1 aromatic heterocycles. The Morgan fingerprint density at radius 3 is 2.58 bits per heavy atom. The van der Waals surface area contributed by atoms with E-state index >= 15 is 0 Å². The summed E-state index contributed by atoms with van der Waals surface area (Å²) in [6.45, 7) is 1.20. The third kappa shape index (κ3) is 3.59. The topological polar surface area (TPSA) is 29.9 Å². The van der Waals surface area contributed by atoms with Crippen molar-refractivity contribution in [2.24, 2.45) is 0 Å². The van der Waals surface area contributed by atoms with Gasteiger partial charge in [0.05, 0.1) is 12.2 Å². The van der Waals surface area contributed by atoms with E-state index in [1.54, 1.807) is 0 Å². The molecule has 0 spiro atoms. The van der Waals surface area contributed by atoms with Crippen LogP contribution < -0.4 is 5.32 Å². The van der Waals surface area contributed by atoms with Crippen LogP contribution in [0.4, 0.5) is 0 Å². The van der Waals surface area contributed by atoms with Crippen LogP contribution in [-0.4, -0.2) is 22.4 Å². The maximum Gasteiger partial charge on any atom is 0.0522 e. The molecule has 0 amide bonds. The highest BCUT2D eigenvalue weighted by Crippen LogP contribution is 2.26. The lowest BCUT2D eigenvalue weighted by Crippen LogP contribution is -2.35. The van der Waals surface area contributed by atoms with E-state index in [4.69, 9.17) is 0 Å². The van der Waals surface area contributed by atoms with Crippen molar-refractivity contribution in [1.29, 1.82) is 0 Å². The Balaban J connectivity index is 1.58. The molecule has 0 bridgehead atoms. The highest BCUT2D eigenvalue weighted by molar-refractivity contribution is 5.07. The second-order valence-corrected chi connectivity index (χ2v) is 6.32. The number of hydrogen-bond donors (Lipinski definition) is 1. The maximum atomic E-state index is 4.64. The minimum absolute atomic E-state index is 0.663. The Bertz CT molecular complexity index is 371. The molecule has 2 heterocycles. The molecule has 106 valence electrons. The highest BCUT2D eigenvalue weighted by atomic mass is 15.3. The van der Waals surface area contributed by atoms with Crippen LogP contribution in [0.3, 0.4) is 0 Å². The lowest BCUT2D eigenvalue weighted by atomic mass is 9.99. The summed E-state index contributed by atoms with van der Waals surface area (Å²) >= 11 is 0. The first-order chi connectivity index (χ1) is 9.42. The molecule has 3 heteroatoms. The van der Waals surface area contributed by atoms with E-state index in [-0.39, 0.29) is 0 Å². The monoisotopic (exact) mass is 261 g/mol. The minimum Gasteiger partial charge on any atom is -0.314 e. The molecule has 19 heavy (non-hydrogen) atoms. The van der Waals surface area contributed by atoms with Gasteiger partial charge in [0.25, 0.3) is 0 Å². The van der Waals surface area contributed by atoms with Crippen LogP contribution >= 0.6 is 0 Å². The Morgan fingerprint density at radius 2 is 1.84 bits per heavy atom. The summed E-state index contributed by atoms with van der Waals surface area (Å²) in [6.07, 6.45) is 17.9. The van der Waals surface area contributed by atoms with Gasteiger partial charge >= 0.3 is 0 Å². The second kappa shape index (κ2) is 6.56. The van der Waals surface area contributed by atoms with Crippen LogP contribution in [0.5, 0.6) is 0 Å². The van der Waals surface area contributed by atoms with E-state index in [0.29, 0.717) is 12.1 Å². The van der Waals surface area contributed by atoms with Gasteiger partial charge in [-0.1, -0.05) is 32.1 Å². The summed E-state index contributed by atoms with van der Waals surface area (Å²) in [5, 5.41) is 8.27. The first kappa shape index (κ1) is 13.2. The minimum atomic E-state index is 0.663. The highest BCUT2D eigenvalue weighted by Gasteiger charge is 2.17. The number of aromatic nitrogens is 2. The number of nitrogens with zero attached hydrogens (tertiary/aromatic N) is 2. The molecule has 1 aliphatic carbocycles. The summed E-state index contributed by atoms with van der Waals surface area (Å²) in [5.41, 5.74) is 1.42. The summed E-state index contributed by atoms with van der Waals surface area (Å²) in [4.78, 5) is 0. The third-order valence-corrected chi connectivity index (χ3v) is 4.75. The van der Waals surface area contributed by atoms with Crippen LogP contribution in [0.15, 0.2) is 12.4 Å². The maximum absolute atomic E-state index is 4.64. The summed E-state index contributed by atoms with van der Waals surface area (Å²) in [6, 6.07) is 1.34. The van der Waals surface area contributed by atoms with Gasteiger partial charge in [0, 0.05) is 12.2 Å². The zero-order valence-corrected chi connectivity index (χ0v) is 12.0. The summed E-state index contributed by atoms with van der Waals surface area (Å²) < 4.78 is 2.25. The van der Waals surface area contributed by atoms with Gasteiger partial charge in [0.15, 0.2) is 0 Å². The van der Waals surface area contributed by atoms with Crippen molar-refractivity contribution in [1.82, 2.24) is 15.1 Å². The zero-order valence-electron chi connectivity index (χ0n) is 12.0. The Labute approximate surface area is 116 Å². The molecule has 1 saturated carbocycles. The molecule has 1 atom stereocenters. The fourth-order valence-corrected chi connectivity index (χ4v) is 3.59. The Kier molecular flexibility index (Phi) is 4.54. The Hall–Kier alpha value is -0.830. The van der Waals surface area contributed by atoms with Crippen LogP contribution in [-0.2, 0) is 6.42 Å². The van der Waals surface area contributed by atoms with Crippen molar-refractivity contribution in [3.8, 4) is 0 Å². The van der Waals surface area contributed by atoms with Gasteiger partial charge in [-0.15, -0.1) is 0 Å². The van der Waals surface area contributed by atoms with Gasteiger partial charge in [-0.05, 0) is 44.2 Å². The molecule has 2 aliphatic rings. The van der Waals surface area contributed by atoms with Crippen molar-refractivity contribution in [3.63, 3.8) is 0 Å². The Morgan fingerprint density at radius 1 is 1.05 bits per heavy atom. The van der Waals surface area contributed by atoms with E-state index in [2.05, 4.69) is 27.5 Å². The molecule has 1 aliphatic heterocycles. The molecule has 3 rings (SSSR count). The van der Waals surface area contributed by atoms with Crippen molar-refractivity contribution in [2.75, 3.05) is 6.54 Å². The predicted molar refractivity (Wildman–Crippen MR) is 78.3 cm³/mol. The molecular weight excluding hydrogens is 234 g/mol. The first-order valence-corrected chi connectivity index (χ1v) is 8.18. The lowest BCUT2D eigenvalue weighted by Gasteiger charge is -2.22. The van der Waals surface area contributed by atoms with E-state index in [9.17, 15) is 0 Å². The van der Waals surface area contributed by atoms with Gasteiger partial charge < -0.3 is 5.32 Å². The van der Waals surface area contributed by atoms with Gasteiger partial charge in [0.2, 0.25) is 0 Å². The third-order valence-electron chi connectivity index (χ3n) is 4.75. The second-order valence-electron chi connectivity index (χ2n) is 6.32. The number of rotatable bonds is 3. The van der Waals surface area contributed by atoms with Crippen molar-refractivity contribution < 1.29 is 0 Å². The molecule has 1 N–H and O–H groups in total. The normalized spacial score (nSPS) is 26.2. The predicted octanol–water partition coefficient (Wildman–Crippen LogP) is 3.46.